The molecule has 0 atom stereocenters. The van der Waals surface area contributed by atoms with Crippen molar-refractivity contribution in [3.05, 3.63) is 46.7 Å². The van der Waals surface area contributed by atoms with E-state index in [1.165, 1.54) is 6.42 Å². The van der Waals surface area contributed by atoms with E-state index in [9.17, 15) is 4.79 Å². The number of hydrogen-bond donors (Lipinski definition) is 1. The highest BCUT2D eigenvalue weighted by molar-refractivity contribution is 9.10. The molecule has 4 nitrogen and oxygen atoms in total. The third-order valence-corrected chi connectivity index (χ3v) is 4.38. The van der Waals surface area contributed by atoms with E-state index < -0.39 is 0 Å². The summed E-state index contributed by atoms with van der Waals surface area (Å²) in [7, 11) is 1.59. The first-order valence-electron chi connectivity index (χ1n) is 7.01. The Labute approximate surface area is 132 Å². The Morgan fingerprint density at radius 1 is 1.38 bits per heavy atom. The summed E-state index contributed by atoms with van der Waals surface area (Å²) in [5.41, 5.74) is 1.36. The predicted molar refractivity (Wildman–Crippen MR) is 86.0 cm³/mol. The summed E-state index contributed by atoms with van der Waals surface area (Å²) in [5, 5.41) is 2.93. The monoisotopic (exact) mass is 348 g/mol. The Morgan fingerprint density at radius 2 is 2.19 bits per heavy atom. The van der Waals surface area contributed by atoms with E-state index in [0.29, 0.717) is 23.2 Å². The topological polar surface area (TPSA) is 43.3 Å². The summed E-state index contributed by atoms with van der Waals surface area (Å²) in [6.45, 7) is 0. The van der Waals surface area contributed by atoms with Gasteiger partial charge in [-0.2, -0.15) is 0 Å². The van der Waals surface area contributed by atoms with Gasteiger partial charge >= 0.3 is 0 Å². The van der Waals surface area contributed by atoms with E-state index in [1.54, 1.807) is 7.11 Å². The van der Waals surface area contributed by atoms with Crippen LogP contribution in [0.15, 0.2) is 41.0 Å². The molecule has 1 amide bonds. The highest BCUT2D eigenvalue weighted by Crippen LogP contribution is 2.33. The van der Waals surface area contributed by atoms with E-state index in [2.05, 4.69) is 25.8 Å². The Balaban J connectivity index is 1.83. The third kappa shape index (κ3) is 2.83. The molecule has 1 N–H and O–H groups in total. The Kier molecular flexibility index (Phi) is 4.01. The molecule has 0 radical (unpaired) electrons. The maximum atomic E-state index is 12.5. The van der Waals surface area contributed by atoms with Gasteiger partial charge in [0.05, 0.1) is 12.8 Å². The van der Waals surface area contributed by atoms with Gasteiger partial charge in [0.2, 0.25) is 0 Å². The fraction of sp³-hybridized carbons (Fsp3) is 0.312. The molecule has 1 fully saturated rings. The van der Waals surface area contributed by atoms with Crippen LogP contribution in [-0.4, -0.2) is 17.6 Å². The van der Waals surface area contributed by atoms with Gasteiger partial charge < -0.3 is 14.6 Å². The number of nitrogens with one attached hydrogen (secondary N) is 1. The molecular formula is C16H17BrN2O2. The number of anilines is 1. The minimum atomic E-state index is -0.108. The van der Waals surface area contributed by atoms with Gasteiger partial charge in [-0.1, -0.05) is 15.9 Å². The van der Waals surface area contributed by atoms with Crippen molar-refractivity contribution in [2.75, 3.05) is 12.4 Å². The first-order chi connectivity index (χ1) is 10.2. The molecular weight excluding hydrogens is 332 g/mol. The summed E-state index contributed by atoms with van der Waals surface area (Å²) in [6, 6.07) is 9.79. The summed E-state index contributed by atoms with van der Waals surface area (Å²) >= 11 is 3.41. The molecule has 1 aliphatic rings. The number of halogens is 1. The van der Waals surface area contributed by atoms with Crippen LogP contribution in [0, 0.1) is 0 Å². The predicted octanol–water partition coefficient (Wildman–Crippen LogP) is 4.24. The van der Waals surface area contributed by atoms with Crippen molar-refractivity contribution in [2.24, 2.45) is 0 Å². The molecule has 1 saturated carbocycles. The van der Waals surface area contributed by atoms with Crippen LogP contribution in [0.5, 0.6) is 5.75 Å². The molecule has 1 aromatic heterocycles. The zero-order valence-electron chi connectivity index (χ0n) is 11.8. The molecule has 3 rings (SSSR count). The van der Waals surface area contributed by atoms with Crippen molar-refractivity contribution in [2.45, 2.75) is 25.3 Å². The second kappa shape index (κ2) is 5.93. The molecule has 0 spiro atoms. The standard InChI is InChI=1S/C16H17BrN2O2/c1-21-15-8-7-11(17)10-13(15)18-16(20)14-6-3-9-19(14)12-4-2-5-12/h3,6-10,12H,2,4-5H2,1H3,(H,18,20). The normalized spacial score (nSPS) is 14.6. The Hall–Kier alpha value is -1.75. The maximum absolute atomic E-state index is 12.5. The highest BCUT2D eigenvalue weighted by atomic mass is 79.9. The van der Waals surface area contributed by atoms with Crippen molar-refractivity contribution in [3.63, 3.8) is 0 Å². The molecule has 0 aliphatic heterocycles. The molecule has 1 heterocycles. The smallest absolute Gasteiger partial charge is 0.272 e. The summed E-state index contributed by atoms with van der Waals surface area (Å²) < 4.78 is 8.26. The largest absolute Gasteiger partial charge is 0.495 e. The third-order valence-electron chi connectivity index (χ3n) is 3.89. The van der Waals surface area contributed by atoms with Crippen LogP contribution in [0.4, 0.5) is 5.69 Å². The van der Waals surface area contributed by atoms with E-state index in [-0.39, 0.29) is 5.91 Å². The van der Waals surface area contributed by atoms with Crippen molar-refractivity contribution in [1.29, 1.82) is 0 Å². The lowest BCUT2D eigenvalue weighted by molar-refractivity contribution is 0.101. The Bertz CT molecular complexity index is 662. The zero-order valence-corrected chi connectivity index (χ0v) is 13.4. The maximum Gasteiger partial charge on any atom is 0.272 e. The van der Waals surface area contributed by atoms with E-state index in [1.807, 2.05) is 36.5 Å². The van der Waals surface area contributed by atoms with Gasteiger partial charge in [0.1, 0.15) is 11.4 Å². The summed E-state index contributed by atoms with van der Waals surface area (Å²) in [6.07, 6.45) is 5.52. The number of rotatable bonds is 4. The fourth-order valence-corrected chi connectivity index (χ4v) is 2.89. The van der Waals surface area contributed by atoms with Crippen LogP contribution in [0.2, 0.25) is 0 Å². The number of carbonyl (C=O) groups excluding carboxylic acids is 1. The number of ether oxygens (including phenoxy) is 1. The molecule has 1 aliphatic carbocycles. The number of amides is 1. The summed E-state index contributed by atoms with van der Waals surface area (Å²) in [5.74, 6) is 0.539. The lowest BCUT2D eigenvalue weighted by Gasteiger charge is -2.28. The fourth-order valence-electron chi connectivity index (χ4n) is 2.53. The van der Waals surface area contributed by atoms with Gasteiger partial charge in [0.15, 0.2) is 0 Å². The zero-order chi connectivity index (χ0) is 14.8. The van der Waals surface area contributed by atoms with Gasteiger partial charge in [-0.15, -0.1) is 0 Å². The van der Waals surface area contributed by atoms with E-state index >= 15 is 0 Å². The molecule has 5 heteroatoms. The molecule has 0 unspecified atom stereocenters. The van der Waals surface area contributed by atoms with Gasteiger partial charge in [0, 0.05) is 16.7 Å². The highest BCUT2D eigenvalue weighted by Gasteiger charge is 2.23. The van der Waals surface area contributed by atoms with Crippen LogP contribution in [0.25, 0.3) is 0 Å². The molecule has 2 aromatic rings. The van der Waals surface area contributed by atoms with Crippen molar-refractivity contribution >= 4 is 27.5 Å². The molecule has 0 bridgehead atoms. The quantitative estimate of drug-likeness (QED) is 0.897. The van der Waals surface area contributed by atoms with Gasteiger partial charge in [0.25, 0.3) is 5.91 Å². The number of aromatic nitrogens is 1. The number of methoxy groups -OCH3 is 1. The molecule has 1 aromatic carbocycles. The van der Waals surface area contributed by atoms with Crippen LogP contribution in [0.1, 0.15) is 35.8 Å². The van der Waals surface area contributed by atoms with Crippen LogP contribution < -0.4 is 10.1 Å². The average molecular weight is 349 g/mol. The lowest BCUT2D eigenvalue weighted by Crippen LogP contribution is -2.23. The van der Waals surface area contributed by atoms with Crippen LogP contribution in [0.3, 0.4) is 0 Å². The second-order valence-corrected chi connectivity index (χ2v) is 6.10. The lowest BCUT2D eigenvalue weighted by atomic mass is 9.93. The minimum absolute atomic E-state index is 0.108. The van der Waals surface area contributed by atoms with Gasteiger partial charge in [-0.3, -0.25) is 4.79 Å². The average Bonchev–Trinajstić information content (AvgIpc) is 2.86. The number of nitrogens with zero attached hydrogens (tertiary/aromatic N) is 1. The molecule has 110 valence electrons. The first kappa shape index (κ1) is 14.2. The van der Waals surface area contributed by atoms with Crippen molar-refractivity contribution in [3.8, 4) is 5.75 Å². The van der Waals surface area contributed by atoms with Gasteiger partial charge in [-0.05, 0) is 49.6 Å². The minimum Gasteiger partial charge on any atom is -0.495 e. The van der Waals surface area contributed by atoms with Crippen LogP contribution in [-0.2, 0) is 0 Å². The molecule has 21 heavy (non-hydrogen) atoms. The van der Waals surface area contributed by atoms with Crippen molar-refractivity contribution < 1.29 is 9.53 Å². The number of carbonyl (C=O) groups is 1. The van der Waals surface area contributed by atoms with E-state index in [4.69, 9.17) is 4.74 Å². The molecule has 0 saturated heterocycles. The second-order valence-electron chi connectivity index (χ2n) is 5.18. The van der Waals surface area contributed by atoms with Gasteiger partial charge in [-0.25, -0.2) is 0 Å². The first-order valence-corrected chi connectivity index (χ1v) is 7.80. The number of benzene rings is 1. The SMILES string of the molecule is COc1ccc(Br)cc1NC(=O)c1cccn1C1CCC1. The summed E-state index contributed by atoms with van der Waals surface area (Å²) in [4.78, 5) is 12.5. The van der Waals surface area contributed by atoms with Crippen molar-refractivity contribution in [1.82, 2.24) is 4.57 Å². The van der Waals surface area contributed by atoms with E-state index in [0.717, 1.165) is 17.3 Å². The van der Waals surface area contributed by atoms with Crippen LogP contribution >= 0.6 is 15.9 Å². The Morgan fingerprint density at radius 3 is 2.86 bits per heavy atom. The number of hydrogen-bond acceptors (Lipinski definition) is 2.